The molecule has 4 rings (SSSR count). The van der Waals surface area contributed by atoms with E-state index >= 15 is 0 Å². The number of aliphatic carboxylic acids is 1. The summed E-state index contributed by atoms with van der Waals surface area (Å²) in [5, 5.41) is 15.2. The van der Waals surface area contributed by atoms with Gasteiger partial charge in [-0.1, -0.05) is 48.5 Å². The maximum atomic E-state index is 12.8. The number of carbonyl (C=O) groups excluding carboxylic acids is 1. The molecule has 0 amide bonds. The fraction of sp³-hybridized carbons (Fsp3) is 0.391. The number of hydrogen-bond donors (Lipinski definition) is 3. The van der Waals surface area contributed by atoms with Crippen LogP contribution in [0.4, 0.5) is 0 Å². The quantitative estimate of drug-likeness (QED) is 0.297. The van der Waals surface area contributed by atoms with E-state index < -0.39 is 18.0 Å². The Morgan fingerprint density at radius 3 is 2.07 bits per heavy atom. The van der Waals surface area contributed by atoms with Crippen molar-refractivity contribution < 1.29 is 24.2 Å². The Balaban J connectivity index is 1.18. The second-order valence-corrected chi connectivity index (χ2v) is 7.62. The first-order valence-corrected chi connectivity index (χ1v) is 10.3. The molecular formula is C23H26N2O5. The normalized spacial score (nSPS) is 16.0. The Kier molecular flexibility index (Phi) is 6.42. The number of carbonyl (C=O) groups is 2. The van der Waals surface area contributed by atoms with Gasteiger partial charge in [-0.2, -0.15) is 0 Å². The average Bonchev–Trinajstić information content (AvgIpc) is 3.53. The summed E-state index contributed by atoms with van der Waals surface area (Å²) in [6, 6.07) is 15.9. The Morgan fingerprint density at radius 2 is 1.50 bits per heavy atom. The van der Waals surface area contributed by atoms with E-state index in [2.05, 4.69) is 10.6 Å². The molecule has 0 bridgehead atoms. The van der Waals surface area contributed by atoms with Crippen LogP contribution < -0.4 is 10.6 Å². The van der Waals surface area contributed by atoms with Crippen LogP contribution in [0.25, 0.3) is 11.1 Å². The maximum absolute atomic E-state index is 12.8. The molecule has 1 saturated carbocycles. The van der Waals surface area contributed by atoms with Crippen molar-refractivity contribution in [2.75, 3.05) is 26.6 Å². The summed E-state index contributed by atoms with van der Waals surface area (Å²) in [6.07, 6.45) is 1.11. The summed E-state index contributed by atoms with van der Waals surface area (Å²) < 4.78 is 10.9. The molecule has 1 fully saturated rings. The molecule has 0 radical (unpaired) electrons. The second-order valence-electron chi connectivity index (χ2n) is 7.62. The van der Waals surface area contributed by atoms with Crippen molar-refractivity contribution in [1.29, 1.82) is 0 Å². The second kappa shape index (κ2) is 9.38. The predicted octanol–water partition coefficient (Wildman–Crippen LogP) is 2.32. The summed E-state index contributed by atoms with van der Waals surface area (Å²) >= 11 is 0. The first kappa shape index (κ1) is 20.5. The molecule has 2 aliphatic carbocycles. The topological polar surface area (TPSA) is 96.9 Å². The van der Waals surface area contributed by atoms with Crippen LogP contribution in [-0.2, 0) is 19.1 Å². The summed E-state index contributed by atoms with van der Waals surface area (Å²) in [5.41, 5.74) is 4.12. The molecule has 158 valence electrons. The number of fused-ring (bicyclic) bond motifs is 3. The lowest BCUT2D eigenvalue weighted by Crippen LogP contribution is -2.35. The highest BCUT2D eigenvalue weighted by atomic mass is 16.5. The van der Waals surface area contributed by atoms with Gasteiger partial charge in [0.1, 0.15) is 12.6 Å². The Bertz CT molecular complexity index is 866. The molecule has 1 atom stereocenters. The fourth-order valence-electron chi connectivity index (χ4n) is 3.89. The third kappa shape index (κ3) is 4.53. The number of carboxylic acid groups (broad SMARTS) is 1. The Hall–Kier alpha value is -2.74. The molecule has 2 aliphatic rings. The summed E-state index contributed by atoms with van der Waals surface area (Å²) in [4.78, 5) is 23.9. The standard InChI is InChI=1S/C23H26N2O5/c26-22(27)21(15-9-10-15)29-13-24-11-12-25-14-30-23(28)20-18-7-3-1-5-16(18)17-6-2-4-8-19(17)20/h1-8,15,20-21,24-25H,9-14H2,(H,26,27). The van der Waals surface area contributed by atoms with Crippen molar-refractivity contribution in [3.8, 4) is 11.1 Å². The van der Waals surface area contributed by atoms with Gasteiger partial charge in [0.25, 0.3) is 0 Å². The molecule has 0 heterocycles. The number of carboxylic acids is 1. The van der Waals surface area contributed by atoms with Gasteiger partial charge in [0, 0.05) is 13.1 Å². The van der Waals surface area contributed by atoms with Crippen molar-refractivity contribution in [3.63, 3.8) is 0 Å². The minimum Gasteiger partial charge on any atom is -0.479 e. The van der Waals surface area contributed by atoms with Crippen LogP contribution in [0.2, 0.25) is 0 Å². The lowest BCUT2D eigenvalue weighted by Gasteiger charge is -2.15. The monoisotopic (exact) mass is 410 g/mol. The van der Waals surface area contributed by atoms with E-state index in [1.54, 1.807) is 0 Å². The first-order valence-electron chi connectivity index (χ1n) is 10.3. The lowest BCUT2D eigenvalue weighted by molar-refractivity contribution is -0.152. The predicted molar refractivity (Wildman–Crippen MR) is 111 cm³/mol. The molecule has 7 nitrogen and oxygen atoms in total. The van der Waals surface area contributed by atoms with Crippen LogP contribution in [-0.4, -0.2) is 49.7 Å². The van der Waals surface area contributed by atoms with E-state index in [0.717, 1.165) is 35.1 Å². The number of rotatable bonds is 11. The average molecular weight is 410 g/mol. The number of hydrogen-bond acceptors (Lipinski definition) is 6. The van der Waals surface area contributed by atoms with E-state index in [4.69, 9.17) is 14.6 Å². The van der Waals surface area contributed by atoms with Gasteiger partial charge in [0.05, 0.1) is 6.73 Å². The molecule has 3 N–H and O–H groups in total. The van der Waals surface area contributed by atoms with E-state index in [-0.39, 0.29) is 25.3 Å². The van der Waals surface area contributed by atoms with Crippen molar-refractivity contribution >= 4 is 11.9 Å². The van der Waals surface area contributed by atoms with Crippen molar-refractivity contribution in [2.45, 2.75) is 24.9 Å². The Labute approximate surface area is 175 Å². The highest BCUT2D eigenvalue weighted by Gasteiger charge is 2.37. The minimum absolute atomic E-state index is 0.113. The van der Waals surface area contributed by atoms with Gasteiger partial charge in [-0.05, 0) is 41.0 Å². The van der Waals surface area contributed by atoms with E-state index in [1.807, 2.05) is 48.5 Å². The largest absolute Gasteiger partial charge is 0.479 e. The highest BCUT2D eigenvalue weighted by Crippen LogP contribution is 2.44. The highest BCUT2D eigenvalue weighted by molar-refractivity contribution is 5.93. The van der Waals surface area contributed by atoms with Crippen LogP contribution in [0.1, 0.15) is 29.9 Å². The third-order valence-electron chi connectivity index (χ3n) is 5.52. The van der Waals surface area contributed by atoms with Gasteiger partial charge in [-0.15, -0.1) is 0 Å². The maximum Gasteiger partial charge on any atom is 0.333 e. The van der Waals surface area contributed by atoms with Crippen LogP contribution in [0.5, 0.6) is 0 Å². The number of benzene rings is 2. The van der Waals surface area contributed by atoms with Gasteiger partial charge in [0.2, 0.25) is 0 Å². The SMILES string of the molecule is O=C(OCNCCNCOC(C(=O)O)C1CC1)C1c2ccccc2-c2ccccc21. The van der Waals surface area contributed by atoms with Crippen LogP contribution in [0.15, 0.2) is 48.5 Å². The molecule has 2 aromatic rings. The summed E-state index contributed by atoms with van der Waals surface area (Å²) in [6.45, 7) is 1.44. The summed E-state index contributed by atoms with van der Waals surface area (Å²) in [5.74, 6) is -1.43. The van der Waals surface area contributed by atoms with E-state index in [0.29, 0.717) is 13.1 Å². The van der Waals surface area contributed by atoms with Gasteiger partial charge in [-0.25, -0.2) is 4.79 Å². The zero-order valence-electron chi connectivity index (χ0n) is 16.7. The number of nitrogens with one attached hydrogen (secondary N) is 2. The smallest absolute Gasteiger partial charge is 0.333 e. The van der Waals surface area contributed by atoms with Crippen molar-refractivity contribution in [2.24, 2.45) is 5.92 Å². The van der Waals surface area contributed by atoms with Crippen molar-refractivity contribution in [3.05, 3.63) is 59.7 Å². The first-order chi connectivity index (χ1) is 14.7. The summed E-state index contributed by atoms with van der Waals surface area (Å²) in [7, 11) is 0. The fourth-order valence-corrected chi connectivity index (χ4v) is 3.89. The van der Waals surface area contributed by atoms with Crippen LogP contribution in [0, 0.1) is 5.92 Å². The zero-order valence-corrected chi connectivity index (χ0v) is 16.7. The molecule has 2 aromatic carbocycles. The van der Waals surface area contributed by atoms with Gasteiger partial charge >= 0.3 is 11.9 Å². The molecule has 0 spiro atoms. The minimum atomic E-state index is -0.903. The van der Waals surface area contributed by atoms with Crippen molar-refractivity contribution in [1.82, 2.24) is 10.6 Å². The molecule has 0 aromatic heterocycles. The molecule has 0 saturated heterocycles. The van der Waals surface area contributed by atoms with Gasteiger partial charge in [0.15, 0.2) is 6.10 Å². The van der Waals surface area contributed by atoms with Gasteiger partial charge in [-0.3, -0.25) is 15.4 Å². The molecule has 0 aliphatic heterocycles. The third-order valence-corrected chi connectivity index (χ3v) is 5.52. The Morgan fingerprint density at radius 1 is 0.933 bits per heavy atom. The van der Waals surface area contributed by atoms with E-state index in [1.165, 1.54) is 0 Å². The number of esters is 1. The van der Waals surface area contributed by atoms with Crippen LogP contribution in [0.3, 0.4) is 0 Å². The van der Waals surface area contributed by atoms with E-state index in [9.17, 15) is 9.59 Å². The van der Waals surface area contributed by atoms with Gasteiger partial charge < -0.3 is 14.6 Å². The number of ether oxygens (including phenoxy) is 2. The molecule has 7 heteroatoms. The zero-order chi connectivity index (χ0) is 20.9. The molecule has 1 unspecified atom stereocenters. The molecular weight excluding hydrogens is 384 g/mol. The molecule has 30 heavy (non-hydrogen) atoms. The van der Waals surface area contributed by atoms with Crippen LogP contribution >= 0.6 is 0 Å². The lowest BCUT2D eigenvalue weighted by atomic mass is 9.97.